The zero-order chi connectivity index (χ0) is 25.1. The van der Waals surface area contributed by atoms with Gasteiger partial charge in [-0.25, -0.2) is 0 Å². The van der Waals surface area contributed by atoms with Gasteiger partial charge in [-0.1, -0.05) is 24.3 Å². The minimum atomic E-state index is -1.54. The van der Waals surface area contributed by atoms with E-state index in [0.717, 1.165) is 11.3 Å². The molecule has 8 heteroatoms. The number of hydrogen-bond donors (Lipinski definition) is 2. The number of hydrogen-bond acceptors (Lipinski definition) is 5. The minimum absolute atomic E-state index is 0.277. The van der Waals surface area contributed by atoms with Gasteiger partial charge in [-0.2, -0.15) is 0 Å². The second-order valence-electron chi connectivity index (χ2n) is 8.04. The molecule has 1 aliphatic rings. The molecule has 4 aromatic rings. The quantitative estimate of drug-likeness (QED) is 0.358. The van der Waals surface area contributed by atoms with Crippen LogP contribution in [-0.2, 0) is 17.7 Å². The standard InChI is InChI=1S/C28H22N2O5S/c1-34-20-10-12-21(13-11-20)35-22-6-4-5-18(15-22)17-29-27(31)19-9-14-26-24(16-19)30-28(32)23-7-2-3-8-25(23)36(26)33/h2-16H,17H2,1H3,(H,29,31)(H,30,32). The van der Waals surface area contributed by atoms with Crippen LogP contribution in [0.1, 0.15) is 26.3 Å². The highest BCUT2D eigenvalue weighted by molar-refractivity contribution is 7.91. The predicted molar refractivity (Wildman–Crippen MR) is 136 cm³/mol. The van der Waals surface area contributed by atoms with Gasteiger partial charge < -0.3 is 24.7 Å². The molecule has 0 bridgehead atoms. The highest BCUT2D eigenvalue weighted by Crippen LogP contribution is 2.34. The fraction of sp³-hybridized carbons (Fsp3) is 0.0714. The smallest absolute Gasteiger partial charge is 0.260 e. The number of ether oxygens (including phenoxy) is 2. The van der Waals surface area contributed by atoms with E-state index in [0.29, 0.717) is 38.1 Å². The van der Waals surface area contributed by atoms with Gasteiger partial charge in [0.05, 0.1) is 18.4 Å². The Bertz CT molecular complexity index is 1440. The van der Waals surface area contributed by atoms with Crippen molar-refractivity contribution in [1.82, 2.24) is 5.32 Å². The third kappa shape index (κ3) is 4.91. The van der Waals surface area contributed by atoms with Crippen molar-refractivity contribution < 1.29 is 23.6 Å². The van der Waals surface area contributed by atoms with Gasteiger partial charge in [0.15, 0.2) is 9.79 Å². The maximum atomic E-state index is 13.1. The van der Waals surface area contributed by atoms with Crippen LogP contribution < -0.4 is 20.1 Å². The SMILES string of the molecule is COc1ccc(Oc2cccc(CNC(=O)c3ccc4c(c3)NC(=O)c3ccccc3[S+]4[O-])c2)cc1. The second kappa shape index (κ2) is 10.2. The van der Waals surface area contributed by atoms with E-state index in [9.17, 15) is 14.1 Å². The van der Waals surface area contributed by atoms with E-state index in [1.54, 1.807) is 49.6 Å². The van der Waals surface area contributed by atoms with Gasteiger partial charge in [0.2, 0.25) is 0 Å². The Labute approximate surface area is 211 Å². The lowest BCUT2D eigenvalue weighted by atomic mass is 10.1. The van der Waals surface area contributed by atoms with Crippen LogP contribution in [0.4, 0.5) is 5.69 Å². The number of fused-ring (bicyclic) bond motifs is 2. The molecule has 1 atom stereocenters. The van der Waals surface area contributed by atoms with Crippen molar-refractivity contribution >= 4 is 28.7 Å². The summed E-state index contributed by atoms with van der Waals surface area (Å²) >= 11 is -1.54. The lowest BCUT2D eigenvalue weighted by molar-refractivity contribution is 0.0949. The van der Waals surface area contributed by atoms with E-state index in [1.807, 2.05) is 48.5 Å². The van der Waals surface area contributed by atoms with Crippen LogP contribution in [0.5, 0.6) is 17.2 Å². The number of methoxy groups -OCH3 is 1. The average Bonchev–Trinajstić information content (AvgIpc) is 3.02. The van der Waals surface area contributed by atoms with Gasteiger partial charge in [0.1, 0.15) is 17.2 Å². The van der Waals surface area contributed by atoms with E-state index in [2.05, 4.69) is 10.6 Å². The number of rotatable bonds is 6. The fourth-order valence-electron chi connectivity index (χ4n) is 3.84. The minimum Gasteiger partial charge on any atom is -0.606 e. The van der Waals surface area contributed by atoms with Crippen molar-refractivity contribution in [3.63, 3.8) is 0 Å². The van der Waals surface area contributed by atoms with Gasteiger partial charge in [-0.05, 0) is 72.3 Å². The molecular weight excluding hydrogens is 476 g/mol. The Morgan fingerprint density at radius 2 is 1.67 bits per heavy atom. The molecule has 0 spiro atoms. The Balaban J connectivity index is 1.27. The summed E-state index contributed by atoms with van der Waals surface area (Å²) in [5.41, 5.74) is 1.92. The van der Waals surface area contributed by atoms with E-state index < -0.39 is 11.2 Å². The summed E-state index contributed by atoms with van der Waals surface area (Å²) < 4.78 is 24.1. The summed E-state index contributed by atoms with van der Waals surface area (Å²) in [6.07, 6.45) is 0. The van der Waals surface area contributed by atoms with Gasteiger partial charge in [0.25, 0.3) is 11.8 Å². The molecular formula is C28H22N2O5S. The Hall–Kier alpha value is -4.27. The molecule has 2 amide bonds. The summed E-state index contributed by atoms with van der Waals surface area (Å²) in [5, 5.41) is 5.66. The van der Waals surface area contributed by atoms with E-state index >= 15 is 0 Å². The summed E-state index contributed by atoms with van der Waals surface area (Å²) in [7, 11) is 1.61. The molecule has 0 saturated heterocycles. The highest BCUT2D eigenvalue weighted by Gasteiger charge is 2.30. The van der Waals surface area contributed by atoms with Crippen molar-refractivity contribution in [3.05, 3.63) is 108 Å². The lowest BCUT2D eigenvalue weighted by Crippen LogP contribution is -2.23. The molecule has 36 heavy (non-hydrogen) atoms. The molecule has 1 unspecified atom stereocenters. The summed E-state index contributed by atoms with van der Waals surface area (Å²) in [6.45, 7) is 0.277. The Morgan fingerprint density at radius 1 is 0.889 bits per heavy atom. The predicted octanol–water partition coefficient (Wildman–Crippen LogP) is 5.15. The van der Waals surface area contributed by atoms with Crippen LogP contribution in [0, 0.1) is 0 Å². The maximum Gasteiger partial charge on any atom is 0.260 e. The maximum absolute atomic E-state index is 13.1. The zero-order valence-corrected chi connectivity index (χ0v) is 20.1. The molecule has 1 aliphatic heterocycles. The first-order valence-corrected chi connectivity index (χ1v) is 12.3. The van der Waals surface area contributed by atoms with Crippen LogP contribution in [0.25, 0.3) is 0 Å². The highest BCUT2D eigenvalue weighted by atomic mass is 32.2. The van der Waals surface area contributed by atoms with Crippen LogP contribution >= 0.6 is 0 Å². The molecule has 180 valence electrons. The topological polar surface area (TPSA) is 99.7 Å². The van der Waals surface area contributed by atoms with Gasteiger partial charge in [-0.3, -0.25) is 9.59 Å². The summed E-state index contributed by atoms with van der Waals surface area (Å²) in [4.78, 5) is 26.4. The number of amides is 2. The van der Waals surface area contributed by atoms with E-state index in [-0.39, 0.29) is 18.4 Å². The van der Waals surface area contributed by atoms with Gasteiger partial charge in [0, 0.05) is 23.3 Å². The third-order valence-corrected chi connectivity index (χ3v) is 7.18. The molecule has 0 saturated carbocycles. The van der Waals surface area contributed by atoms with Crippen molar-refractivity contribution in [2.45, 2.75) is 16.3 Å². The Kier molecular flexibility index (Phi) is 6.62. The largest absolute Gasteiger partial charge is 0.606 e. The first kappa shape index (κ1) is 23.5. The zero-order valence-electron chi connectivity index (χ0n) is 19.3. The molecule has 2 N–H and O–H groups in total. The molecule has 7 nitrogen and oxygen atoms in total. The third-order valence-electron chi connectivity index (χ3n) is 5.67. The van der Waals surface area contributed by atoms with Crippen molar-refractivity contribution in [2.24, 2.45) is 0 Å². The van der Waals surface area contributed by atoms with Crippen LogP contribution in [0.15, 0.2) is 101 Å². The number of carbonyl (C=O) groups excluding carboxylic acids is 2. The van der Waals surface area contributed by atoms with Crippen LogP contribution in [0.3, 0.4) is 0 Å². The summed E-state index contributed by atoms with van der Waals surface area (Å²) in [6, 6.07) is 26.2. The molecule has 0 fully saturated rings. The normalized spacial score (nSPS) is 14.1. The summed E-state index contributed by atoms with van der Waals surface area (Å²) in [5.74, 6) is 1.38. The monoisotopic (exact) mass is 498 g/mol. The first-order chi connectivity index (χ1) is 17.5. The van der Waals surface area contributed by atoms with Gasteiger partial charge >= 0.3 is 0 Å². The number of carbonyl (C=O) groups is 2. The molecule has 0 radical (unpaired) electrons. The van der Waals surface area contributed by atoms with Crippen molar-refractivity contribution in [3.8, 4) is 17.2 Å². The van der Waals surface area contributed by atoms with Crippen molar-refractivity contribution in [2.75, 3.05) is 12.4 Å². The lowest BCUT2D eigenvalue weighted by Gasteiger charge is -2.12. The Morgan fingerprint density at radius 3 is 2.47 bits per heavy atom. The van der Waals surface area contributed by atoms with E-state index in [4.69, 9.17) is 9.47 Å². The second-order valence-corrected chi connectivity index (χ2v) is 9.45. The van der Waals surface area contributed by atoms with Gasteiger partial charge in [-0.15, -0.1) is 0 Å². The molecule has 1 heterocycles. The molecule has 0 aliphatic carbocycles. The van der Waals surface area contributed by atoms with Crippen LogP contribution in [0.2, 0.25) is 0 Å². The van der Waals surface area contributed by atoms with Crippen molar-refractivity contribution in [1.29, 1.82) is 0 Å². The number of benzene rings is 4. The number of nitrogens with one attached hydrogen (secondary N) is 2. The number of anilines is 1. The first-order valence-electron chi connectivity index (χ1n) is 11.2. The molecule has 4 aromatic carbocycles. The van der Waals surface area contributed by atoms with E-state index in [1.165, 1.54) is 0 Å². The fourth-order valence-corrected chi connectivity index (χ4v) is 5.14. The average molecular weight is 499 g/mol. The molecule has 0 aromatic heterocycles. The van der Waals surface area contributed by atoms with Crippen LogP contribution in [-0.4, -0.2) is 23.5 Å². The molecule has 5 rings (SSSR count).